The minimum atomic E-state index is -0.294. The minimum Gasteiger partial charge on any atom is -0.495 e. The maximum Gasteiger partial charge on any atom is 0.274 e. The van der Waals surface area contributed by atoms with E-state index in [1.54, 1.807) is 13.2 Å². The molecule has 1 aromatic heterocycles. The number of para-hydroxylation sites is 2. The van der Waals surface area contributed by atoms with Crippen LogP contribution in [0.25, 0.3) is 0 Å². The summed E-state index contributed by atoms with van der Waals surface area (Å²) < 4.78 is 5.32. The van der Waals surface area contributed by atoms with Crippen molar-refractivity contribution in [2.24, 2.45) is 0 Å². The monoisotopic (exact) mass is 362 g/mol. The van der Waals surface area contributed by atoms with Crippen LogP contribution in [-0.2, 0) is 0 Å². The third kappa shape index (κ3) is 4.61. The van der Waals surface area contributed by atoms with Crippen molar-refractivity contribution in [3.05, 3.63) is 72.2 Å². The van der Waals surface area contributed by atoms with Crippen LogP contribution in [0.5, 0.6) is 5.75 Å². The Morgan fingerprint density at radius 3 is 2.48 bits per heavy atom. The van der Waals surface area contributed by atoms with E-state index in [0.29, 0.717) is 17.5 Å². The van der Waals surface area contributed by atoms with Gasteiger partial charge in [-0.05, 0) is 35.7 Å². The number of carbonyl (C=O) groups excluding carboxylic acids is 1. The molecule has 0 aliphatic heterocycles. The van der Waals surface area contributed by atoms with Gasteiger partial charge in [0.25, 0.3) is 5.91 Å². The second-order valence-electron chi connectivity index (χ2n) is 6.34. The van der Waals surface area contributed by atoms with Crippen LogP contribution < -0.4 is 15.4 Å². The van der Waals surface area contributed by atoms with E-state index < -0.39 is 0 Å². The first-order valence-electron chi connectivity index (χ1n) is 8.70. The molecule has 138 valence electrons. The van der Waals surface area contributed by atoms with E-state index >= 15 is 0 Å². The second kappa shape index (κ2) is 8.31. The first-order valence-corrected chi connectivity index (χ1v) is 8.70. The minimum absolute atomic E-state index is 0.273. The van der Waals surface area contributed by atoms with Gasteiger partial charge in [0, 0.05) is 11.8 Å². The number of methoxy groups -OCH3 is 1. The molecule has 0 aliphatic carbocycles. The molecule has 6 heteroatoms. The van der Waals surface area contributed by atoms with E-state index in [-0.39, 0.29) is 11.6 Å². The second-order valence-corrected chi connectivity index (χ2v) is 6.34. The molecule has 0 aliphatic rings. The predicted octanol–water partition coefficient (Wildman–Crippen LogP) is 4.60. The molecule has 3 aromatic rings. The number of anilines is 3. The van der Waals surface area contributed by atoms with Crippen molar-refractivity contribution in [3.63, 3.8) is 0 Å². The molecule has 27 heavy (non-hydrogen) atoms. The van der Waals surface area contributed by atoms with Crippen molar-refractivity contribution in [2.75, 3.05) is 17.7 Å². The molecule has 0 spiro atoms. The number of carbonyl (C=O) groups is 1. The zero-order valence-electron chi connectivity index (χ0n) is 15.6. The maximum absolute atomic E-state index is 12.5. The summed E-state index contributed by atoms with van der Waals surface area (Å²) in [5.41, 5.74) is 2.98. The Balaban J connectivity index is 1.73. The molecular formula is C21H22N4O2. The van der Waals surface area contributed by atoms with E-state index in [1.807, 2.05) is 48.5 Å². The summed E-state index contributed by atoms with van der Waals surface area (Å²) in [6.07, 6.45) is 1.36. The number of ether oxygens (including phenoxy) is 1. The van der Waals surface area contributed by atoms with Gasteiger partial charge in [-0.2, -0.15) is 0 Å². The van der Waals surface area contributed by atoms with E-state index in [0.717, 1.165) is 11.4 Å². The van der Waals surface area contributed by atoms with E-state index in [2.05, 4.69) is 34.4 Å². The summed E-state index contributed by atoms with van der Waals surface area (Å²) >= 11 is 0. The molecule has 2 aromatic carbocycles. The van der Waals surface area contributed by atoms with Crippen molar-refractivity contribution in [1.29, 1.82) is 0 Å². The summed E-state index contributed by atoms with van der Waals surface area (Å²) in [4.78, 5) is 20.8. The Bertz CT molecular complexity index is 923. The lowest BCUT2D eigenvalue weighted by molar-refractivity contribution is 0.102. The molecule has 0 saturated carbocycles. The predicted molar refractivity (Wildman–Crippen MR) is 107 cm³/mol. The molecule has 3 rings (SSSR count). The number of benzene rings is 2. The van der Waals surface area contributed by atoms with Crippen LogP contribution in [0.2, 0.25) is 0 Å². The Labute approximate surface area is 158 Å². The fraction of sp³-hybridized carbons (Fsp3) is 0.190. The summed E-state index contributed by atoms with van der Waals surface area (Å²) in [5, 5.41) is 6.00. The molecule has 1 amide bonds. The van der Waals surface area contributed by atoms with Gasteiger partial charge in [-0.15, -0.1) is 0 Å². The summed E-state index contributed by atoms with van der Waals surface area (Å²) in [6, 6.07) is 16.9. The van der Waals surface area contributed by atoms with Crippen molar-refractivity contribution >= 4 is 23.1 Å². The molecule has 0 atom stereocenters. The quantitative estimate of drug-likeness (QED) is 0.670. The van der Waals surface area contributed by atoms with Crippen LogP contribution in [0.3, 0.4) is 0 Å². The van der Waals surface area contributed by atoms with Crippen LogP contribution in [0.4, 0.5) is 17.2 Å². The standard InChI is InChI=1S/C21H22N4O2/c1-14(2)15-8-10-16(11-9-15)24-21(26)18-12-20(23-13-22-18)25-17-6-4-5-7-19(17)27-3/h4-14H,1-3H3,(H,24,26)(H,22,23,25). The zero-order valence-corrected chi connectivity index (χ0v) is 15.6. The largest absolute Gasteiger partial charge is 0.495 e. The van der Waals surface area contributed by atoms with E-state index in [4.69, 9.17) is 4.74 Å². The summed E-state index contributed by atoms with van der Waals surface area (Å²) in [5.74, 6) is 1.35. The molecule has 2 N–H and O–H groups in total. The van der Waals surface area contributed by atoms with E-state index in [9.17, 15) is 4.79 Å². The van der Waals surface area contributed by atoms with Crippen LogP contribution >= 0.6 is 0 Å². The number of nitrogens with zero attached hydrogens (tertiary/aromatic N) is 2. The Kier molecular flexibility index (Phi) is 5.66. The molecule has 0 radical (unpaired) electrons. The summed E-state index contributed by atoms with van der Waals surface area (Å²) in [6.45, 7) is 4.26. The molecule has 1 heterocycles. The van der Waals surface area contributed by atoms with Crippen molar-refractivity contribution in [2.45, 2.75) is 19.8 Å². The van der Waals surface area contributed by atoms with Gasteiger partial charge in [-0.3, -0.25) is 4.79 Å². The van der Waals surface area contributed by atoms with Gasteiger partial charge in [0.1, 0.15) is 23.6 Å². The third-order valence-corrected chi connectivity index (χ3v) is 4.10. The van der Waals surface area contributed by atoms with Crippen LogP contribution in [0, 0.1) is 0 Å². The fourth-order valence-corrected chi connectivity index (χ4v) is 2.58. The Morgan fingerprint density at radius 2 is 1.78 bits per heavy atom. The van der Waals surface area contributed by atoms with E-state index in [1.165, 1.54) is 11.9 Å². The molecular weight excluding hydrogens is 340 g/mol. The number of amides is 1. The summed E-state index contributed by atoms with van der Waals surface area (Å²) in [7, 11) is 1.60. The number of nitrogens with one attached hydrogen (secondary N) is 2. The first-order chi connectivity index (χ1) is 13.1. The number of aromatic nitrogens is 2. The van der Waals surface area contributed by atoms with Gasteiger partial charge < -0.3 is 15.4 Å². The molecule has 0 fully saturated rings. The van der Waals surface area contributed by atoms with Crippen LogP contribution in [-0.4, -0.2) is 23.0 Å². The first kappa shape index (κ1) is 18.4. The highest BCUT2D eigenvalue weighted by Gasteiger charge is 2.11. The number of hydrogen-bond acceptors (Lipinski definition) is 5. The molecule has 0 saturated heterocycles. The smallest absolute Gasteiger partial charge is 0.274 e. The average molecular weight is 362 g/mol. The van der Waals surface area contributed by atoms with Gasteiger partial charge in [0.2, 0.25) is 0 Å². The van der Waals surface area contributed by atoms with Crippen LogP contribution in [0.15, 0.2) is 60.9 Å². The van der Waals surface area contributed by atoms with Gasteiger partial charge in [0.05, 0.1) is 12.8 Å². The lowest BCUT2D eigenvalue weighted by atomic mass is 10.0. The van der Waals surface area contributed by atoms with Gasteiger partial charge >= 0.3 is 0 Å². The fourth-order valence-electron chi connectivity index (χ4n) is 2.58. The molecule has 6 nitrogen and oxygen atoms in total. The van der Waals surface area contributed by atoms with Gasteiger partial charge in [0.15, 0.2) is 0 Å². The highest BCUT2D eigenvalue weighted by atomic mass is 16.5. The molecule has 0 unspecified atom stereocenters. The molecule has 0 bridgehead atoms. The lowest BCUT2D eigenvalue weighted by Crippen LogP contribution is -2.14. The number of hydrogen-bond donors (Lipinski definition) is 2. The normalized spacial score (nSPS) is 10.5. The maximum atomic E-state index is 12.5. The van der Waals surface area contributed by atoms with Gasteiger partial charge in [-0.25, -0.2) is 9.97 Å². The topological polar surface area (TPSA) is 76.1 Å². The number of rotatable bonds is 6. The Hall–Kier alpha value is -3.41. The zero-order chi connectivity index (χ0) is 19.2. The SMILES string of the molecule is COc1ccccc1Nc1cc(C(=O)Nc2ccc(C(C)C)cc2)ncn1. The average Bonchev–Trinajstić information content (AvgIpc) is 2.69. The highest BCUT2D eigenvalue weighted by Crippen LogP contribution is 2.26. The Morgan fingerprint density at radius 1 is 1.04 bits per heavy atom. The lowest BCUT2D eigenvalue weighted by Gasteiger charge is -2.11. The van der Waals surface area contributed by atoms with Crippen molar-refractivity contribution in [3.8, 4) is 5.75 Å². The van der Waals surface area contributed by atoms with Crippen LogP contribution in [0.1, 0.15) is 35.8 Å². The van der Waals surface area contributed by atoms with Crippen molar-refractivity contribution in [1.82, 2.24) is 9.97 Å². The van der Waals surface area contributed by atoms with Gasteiger partial charge in [-0.1, -0.05) is 38.1 Å². The van der Waals surface area contributed by atoms with Crippen molar-refractivity contribution < 1.29 is 9.53 Å². The third-order valence-electron chi connectivity index (χ3n) is 4.10. The highest BCUT2D eigenvalue weighted by molar-refractivity contribution is 6.03.